The summed E-state index contributed by atoms with van der Waals surface area (Å²) in [6, 6.07) is 4.51. The maximum atomic E-state index is 12.5. The molecule has 1 saturated heterocycles. The van der Waals surface area contributed by atoms with Gasteiger partial charge < -0.3 is 15.1 Å². The Balaban J connectivity index is 1.57. The van der Waals surface area contributed by atoms with Crippen LogP contribution in [-0.4, -0.2) is 29.9 Å². The number of fused-ring (bicyclic) bond motifs is 2. The summed E-state index contributed by atoms with van der Waals surface area (Å²) in [6.45, 7) is 1.52. The minimum Gasteiger partial charge on any atom is -0.464 e. The van der Waals surface area contributed by atoms with Crippen molar-refractivity contribution in [2.75, 3.05) is 13.1 Å². The molecule has 1 aliphatic carbocycles. The molecule has 2 aromatic rings. The molecule has 2 aliphatic rings. The first-order valence-electron chi connectivity index (χ1n) is 8.26. The van der Waals surface area contributed by atoms with Crippen molar-refractivity contribution in [3.05, 3.63) is 35.1 Å². The zero-order chi connectivity index (χ0) is 15.1. The summed E-state index contributed by atoms with van der Waals surface area (Å²) in [5, 5.41) is 1.11. The van der Waals surface area contributed by atoms with Crippen LogP contribution in [0, 0.1) is 0 Å². The molecular formula is C18H22N2O2. The molecule has 116 valence electrons. The van der Waals surface area contributed by atoms with Gasteiger partial charge in [0.05, 0.1) is 12.7 Å². The molecule has 0 radical (unpaired) electrons. The number of furan rings is 1. The highest BCUT2D eigenvalue weighted by atomic mass is 16.3. The van der Waals surface area contributed by atoms with Crippen molar-refractivity contribution >= 4 is 16.9 Å². The number of carbonyl (C=O) groups excluding carboxylic acids is 1. The van der Waals surface area contributed by atoms with Gasteiger partial charge in [0.15, 0.2) is 0 Å². The third kappa shape index (κ3) is 2.41. The molecule has 0 spiro atoms. The lowest BCUT2D eigenvalue weighted by atomic mass is 10.0. The number of nitrogens with two attached hydrogens (primary N) is 1. The summed E-state index contributed by atoms with van der Waals surface area (Å²) >= 11 is 0. The van der Waals surface area contributed by atoms with Crippen molar-refractivity contribution in [1.29, 1.82) is 0 Å². The van der Waals surface area contributed by atoms with Crippen LogP contribution in [0.5, 0.6) is 0 Å². The largest absolute Gasteiger partial charge is 0.464 e. The normalized spacial score (nSPS) is 21.3. The van der Waals surface area contributed by atoms with Crippen LogP contribution < -0.4 is 5.73 Å². The van der Waals surface area contributed by atoms with Crippen LogP contribution in [-0.2, 0) is 24.1 Å². The predicted molar refractivity (Wildman–Crippen MR) is 85.7 cm³/mol. The van der Waals surface area contributed by atoms with Crippen molar-refractivity contribution < 1.29 is 9.21 Å². The fourth-order valence-electron chi connectivity index (χ4n) is 3.80. The van der Waals surface area contributed by atoms with Gasteiger partial charge in [-0.25, -0.2) is 0 Å². The Morgan fingerprint density at radius 2 is 2.09 bits per heavy atom. The Morgan fingerprint density at radius 1 is 1.27 bits per heavy atom. The van der Waals surface area contributed by atoms with E-state index in [0.29, 0.717) is 13.0 Å². The van der Waals surface area contributed by atoms with Crippen LogP contribution in [0.4, 0.5) is 0 Å². The SMILES string of the molecule is NC1CCCN(C(=O)Cc2coc3cc4c(cc23)CCC4)C1. The second kappa shape index (κ2) is 5.43. The van der Waals surface area contributed by atoms with Gasteiger partial charge in [-0.15, -0.1) is 0 Å². The highest BCUT2D eigenvalue weighted by Crippen LogP contribution is 2.30. The standard InChI is InChI=1S/C18H22N2O2/c19-15-5-2-6-20(10-15)18(21)9-14-11-22-17-8-13-4-1-3-12(13)7-16(14)17/h7-8,11,15H,1-6,9-10,19H2. The van der Waals surface area contributed by atoms with E-state index in [1.165, 1.54) is 17.5 Å². The van der Waals surface area contributed by atoms with Crippen LogP contribution in [0.1, 0.15) is 36.0 Å². The lowest BCUT2D eigenvalue weighted by Gasteiger charge is -2.30. The maximum absolute atomic E-state index is 12.5. The molecule has 1 fully saturated rings. The van der Waals surface area contributed by atoms with Crippen LogP contribution >= 0.6 is 0 Å². The van der Waals surface area contributed by atoms with E-state index in [0.717, 1.165) is 48.8 Å². The molecule has 4 rings (SSSR count). The second-order valence-electron chi connectivity index (χ2n) is 6.65. The topological polar surface area (TPSA) is 59.5 Å². The smallest absolute Gasteiger partial charge is 0.227 e. The first kappa shape index (κ1) is 13.8. The molecule has 1 amide bonds. The molecule has 0 saturated carbocycles. The molecule has 1 aromatic carbocycles. The number of amides is 1. The monoisotopic (exact) mass is 298 g/mol. The van der Waals surface area contributed by atoms with Gasteiger partial charge in [0.25, 0.3) is 0 Å². The second-order valence-corrected chi connectivity index (χ2v) is 6.65. The molecule has 0 bridgehead atoms. The Morgan fingerprint density at radius 3 is 2.91 bits per heavy atom. The van der Waals surface area contributed by atoms with Crippen molar-refractivity contribution in [1.82, 2.24) is 4.90 Å². The summed E-state index contributed by atoms with van der Waals surface area (Å²) < 4.78 is 5.69. The van der Waals surface area contributed by atoms with Crippen LogP contribution in [0.3, 0.4) is 0 Å². The first-order valence-corrected chi connectivity index (χ1v) is 8.26. The molecule has 1 aliphatic heterocycles. The third-order valence-corrected chi connectivity index (χ3v) is 5.02. The number of piperidine rings is 1. The van der Waals surface area contributed by atoms with Gasteiger partial charge in [-0.05, 0) is 55.4 Å². The number of hydrogen-bond donors (Lipinski definition) is 1. The van der Waals surface area contributed by atoms with E-state index < -0.39 is 0 Å². The van der Waals surface area contributed by atoms with Crippen molar-refractivity contribution in [2.45, 2.75) is 44.6 Å². The van der Waals surface area contributed by atoms with Crippen molar-refractivity contribution in [3.8, 4) is 0 Å². The van der Waals surface area contributed by atoms with E-state index >= 15 is 0 Å². The zero-order valence-electron chi connectivity index (χ0n) is 12.8. The van der Waals surface area contributed by atoms with Crippen LogP contribution in [0.2, 0.25) is 0 Å². The number of carbonyl (C=O) groups is 1. The van der Waals surface area contributed by atoms with Crippen LogP contribution in [0.25, 0.3) is 11.0 Å². The van der Waals surface area contributed by atoms with E-state index in [4.69, 9.17) is 10.2 Å². The van der Waals surface area contributed by atoms with E-state index in [1.807, 2.05) is 4.90 Å². The Bertz CT molecular complexity index is 719. The number of nitrogens with zero attached hydrogens (tertiary/aromatic N) is 1. The van der Waals surface area contributed by atoms with Crippen molar-refractivity contribution in [2.24, 2.45) is 5.73 Å². The van der Waals surface area contributed by atoms with Gasteiger partial charge in [0.1, 0.15) is 5.58 Å². The van der Waals surface area contributed by atoms with Gasteiger partial charge in [-0.1, -0.05) is 0 Å². The maximum Gasteiger partial charge on any atom is 0.227 e. The number of rotatable bonds is 2. The van der Waals surface area contributed by atoms with Crippen LogP contribution in [0.15, 0.2) is 22.8 Å². The van der Waals surface area contributed by atoms with E-state index in [1.54, 1.807) is 6.26 Å². The molecule has 1 unspecified atom stereocenters. The molecule has 1 aromatic heterocycles. The average Bonchev–Trinajstić information content (AvgIpc) is 3.12. The minimum absolute atomic E-state index is 0.127. The molecular weight excluding hydrogens is 276 g/mol. The number of aryl methyl sites for hydroxylation is 2. The van der Waals surface area contributed by atoms with Crippen molar-refractivity contribution in [3.63, 3.8) is 0 Å². The lowest BCUT2D eigenvalue weighted by Crippen LogP contribution is -2.46. The Labute approximate surface area is 130 Å². The molecule has 2 N–H and O–H groups in total. The first-order chi connectivity index (χ1) is 10.7. The zero-order valence-corrected chi connectivity index (χ0v) is 12.8. The van der Waals surface area contributed by atoms with Gasteiger partial charge in [0.2, 0.25) is 5.91 Å². The average molecular weight is 298 g/mol. The summed E-state index contributed by atoms with van der Waals surface area (Å²) in [5.74, 6) is 0.165. The van der Waals surface area contributed by atoms with E-state index in [2.05, 4.69) is 12.1 Å². The summed E-state index contributed by atoms with van der Waals surface area (Å²) in [6.07, 6.45) is 7.70. The number of likely N-dealkylation sites (tertiary alicyclic amines) is 1. The fourth-order valence-corrected chi connectivity index (χ4v) is 3.80. The van der Waals surface area contributed by atoms with E-state index in [9.17, 15) is 4.79 Å². The minimum atomic E-state index is 0.127. The predicted octanol–water partition coefficient (Wildman–Crippen LogP) is 2.41. The fraction of sp³-hybridized carbons (Fsp3) is 0.500. The highest BCUT2D eigenvalue weighted by molar-refractivity contribution is 5.88. The molecule has 2 heterocycles. The lowest BCUT2D eigenvalue weighted by molar-refractivity contribution is -0.131. The molecule has 4 nitrogen and oxygen atoms in total. The molecule has 22 heavy (non-hydrogen) atoms. The Kier molecular flexibility index (Phi) is 3.41. The molecule has 4 heteroatoms. The number of hydrogen-bond acceptors (Lipinski definition) is 3. The molecule has 1 atom stereocenters. The summed E-state index contributed by atoms with van der Waals surface area (Å²) in [5.41, 5.74) is 10.7. The quantitative estimate of drug-likeness (QED) is 0.926. The Hall–Kier alpha value is -1.81. The van der Waals surface area contributed by atoms with E-state index in [-0.39, 0.29) is 11.9 Å². The third-order valence-electron chi connectivity index (χ3n) is 5.02. The van der Waals surface area contributed by atoms with Gasteiger partial charge >= 0.3 is 0 Å². The number of benzene rings is 1. The van der Waals surface area contributed by atoms with Gasteiger partial charge in [-0.3, -0.25) is 4.79 Å². The van der Waals surface area contributed by atoms with Gasteiger partial charge in [-0.2, -0.15) is 0 Å². The van der Waals surface area contributed by atoms with Gasteiger partial charge in [0, 0.05) is 30.1 Å². The summed E-state index contributed by atoms with van der Waals surface area (Å²) in [7, 11) is 0. The summed E-state index contributed by atoms with van der Waals surface area (Å²) in [4.78, 5) is 14.4. The highest BCUT2D eigenvalue weighted by Gasteiger charge is 2.23.